The molecule has 2 heterocycles. The third-order valence-electron chi connectivity index (χ3n) is 5.00. The predicted molar refractivity (Wildman–Crippen MR) is 103 cm³/mol. The van der Waals surface area contributed by atoms with Crippen molar-refractivity contribution in [3.05, 3.63) is 59.9 Å². The quantitative estimate of drug-likeness (QED) is 0.669. The first-order valence-corrected chi connectivity index (χ1v) is 8.96. The number of methoxy groups -OCH3 is 1. The van der Waals surface area contributed by atoms with Crippen LogP contribution in [0.5, 0.6) is 0 Å². The summed E-state index contributed by atoms with van der Waals surface area (Å²) >= 11 is 0. The lowest BCUT2D eigenvalue weighted by Crippen LogP contribution is -2.24. The van der Waals surface area contributed by atoms with Gasteiger partial charge < -0.3 is 14.2 Å². The largest absolute Gasteiger partial charge is 0.468 e. The van der Waals surface area contributed by atoms with Crippen molar-refractivity contribution in [2.24, 2.45) is 0 Å². The molecule has 0 radical (unpaired) electrons. The van der Waals surface area contributed by atoms with Crippen molar-refractivity contribution in [3.8, 4) is 0 Å². The van der Waals surface area contributed by atoms with Crippen molar-refractivity contribution in [1.29, 1.82) is 0 Å². The van der Waals surface area contributed by atoms with E-state index >= 15 is 0 Å². The van der Waals surface area contributed by atoms with E-state index in [1.807, 2.05) is 60.0 Å². The van der Waals surface area contributed by atoms with Crippen molar-refractivity contribution in [2.75, 3.05) is 18.6 Å². The Morgan fingerprint density at radius 2 is 2.04 bits per heavy atom. The van der Waals surface area contributed by atoms with Gasteiger partial charge in [-0.25, -0.2) is 4.98 Å². The Labute approximate surface area is 157 Å². The Hall–Kier alpha value is -3.15. The number of amides is 1. The molecule has 6 nitrogen and oxygen atoms in total. The maximum Gasteiger partial charge on any atom is 0.325 e. The van der Waals surface area contributed by atoms with Crippen LogP contribution in [0.25, 0.3) is 11.0 Å². The molecule has 1 aromatic heterocycles. The van der Waals surface area contributed by atoms with E-state index < -0.39 is 0 Å². The average Bonchev–Trinajstić information content (AvgIpc) is 3.22. The second-order valence-corrected chi connectivity index (χ2v) is 6.87. The molecule has 0 bridgehead atoms. The molecule has 1 atom stereocenters. The number of benzene rings is 2. The van der Waals surface area contributed by atoms with Crippen molar-refractivity contribution >= 4 is 28.6 Å². The number of carbonyl (C=O) groups is 2. The van der Waals surface area contributed by atoms with Crippen LogP contribution in [0, 0.1) is 6.92 Å². The van der Waals surface area contributed by atoms with Crippen molar-refractivity contribution in [2.45, 2.75) is 25.8 Å². The van der Waals surface area contributed by atoms with Crippen LogP contribution < -0.4 is 4.90 Å². The molecule has 3 aromatic rings. The van der Waals surface area contributed by atoms with Crippen LogP contribution in [-0.4, -0.2) is 35.1 Å². The lowest BCUT2D eigenvalue weighted by atomic mass is 10.1. The zero-order chi connectivity index (χ0) is 19.0. The molecule has 27 heavy (non-hydrogen) atoms. The van der Waals surface area contributed by atoms with E-state index in [0.29, 0.717) is 13.0 Å². The van der Waals surface area contributed by atoms with Crippen LogP contribution >= 0.6 is 0 Å². The highest BCUT2D eigenvalue weighted by Crippen LogP contribution is 2.33. The molecule has 0 aliphatic carbocycles. The third kappa shape index (κ3) is 3.18. The summed E-state index contributed by atoms with van der Waals surface area (Å²) in [6.07, 6.45) is 0.373. The highest BCUT2D eigenvalue weighted by molar-refractivity contribution is 5.96. The van der Waals surface area contributed by atoms with Crippen molar-refractivity contribution in [1.82, 2.24) is 9.55 Å². The zero-order valence-electron chi connectivity index (χ0n) is 15.4. The fourth-order valence-electron chi connectivity index (χ4n) is 3.69. The number of anilines is 1. The topological polar surface area (TPSA) is 64.4 Å². The molecule has 6 heteroatoms. The molecule has 1 fully saturated rings. The first-order chi connectivity index (χ1) is 13.1. The van der Waals surface area contributed by atoms with Crippen LogP contribution in [-0.2, 0) is 20.9 Å². The van der Waals surface area contributed by atoms with E-state index in [4.69, 9.17) is 9.72 Å². The fraction of sp³-hybridized carbons (Fsp3) is 0.286. The number of nitrogens with zero attached hydrogens (tertiary/aromatic N) is 3. The summed E-state index contributed by atoms with van der Waals surface area (Å²) in [5.41, 5.74) is 3.71. The molecule has 4 rings (SSSR count). The maximum atomic E-state index is 12.7. The number of aromatic nitrogens is 2. The normalized spacial score (nSPS) is 16.9. The van der Waals surface area contributed by atoms with Crippen molar-refractivity contribution in [3.63, 3.8) is 0 Å². The van der Waals surface area contributed by atoms with Crippen LogP contribution in [0.4, 0.5) is 5.69 Å². The van der Waals surface area contributed by atoms with Crippen LogP contribution in [0.15, 0.2) is 48.5 Å². The second kappa shape index (κ2) is 6.87. The molecule has 0 N–H and O–H groups in total. The maximum absolute atomic E-state index is 12.7. The monoisotopic (exact) mass is 363 g/mol. The van der Waals surface area contributed by atoms with E-state index in [2.05, 4.69) is 0 Å². The number of fused-ring (bicyclic) bond motifs is 1. The highest BCUT2D eigenvalue weighted by Gasteiger charge is 2.35. The lowest BCUT2D eigenvalue weighted by Gasteiger charge is -2.17. The Kier molecular flexibility index (Phi) is 4.39. The molecular formula is C21H21N3O3. The van der Waals surface area contributed by atoms with E-state index in [9.17, 15) is 9.59 Å². The number of hydrogen-bond acceptors (Lipinski definition) is 4. The number of imidazole rings is 1. The number of ether oxygens (including phenoxy) is 1. The molecule has 0 saturated carbocycles. The molecule has 2 aromatic carbocycles. The van der Waals surface area contributed by atoms with Crippen molar-refractivity contribution < 1.29 is 14.3 Å². The third-order valence-corrected chi connectivity index (χ3v) is 5.00. The first-order valence-electron chi connectivity index (χ1n) is 8.96. The minimum Gasteiger partial charge on any atom is -0.468 e. The lowest BCUT2D eigenvalue weighted by molar-refractivity contribution is -0.141. The van der Waals surface area contributed by atoms with Gasteiger partial charge in [-0.3, -0.25) is 9.59 Å². The van der Waals surface area contributed by atoms with E-state index in [1.54, 1.807) is 4.90 Å². The van der Waals surface area contributed by atoms with Gasteiger partial charge in [0.2, 0.25) is 5.91 Å². The van der Waals surface area contributed by atoms with Gasteiger partial charge in [0.05, 0.1) is 18.1 Å². The van der Waals surface area contributed by atoms with Crippen LogP contribution in [0.1, 0.15) is 23.7 Å². The van der Waals surface area contributed by atoms with Crippen LogP contribution in [0.3, 0.4) is 0 Å². The smallest absolute Gasteiger partial charge is 0.325 e. The van der Waals surface area contributed by atoms with Gasteiger partial charge in [-0.2, -0.15) is 0 Å². The second-order valence-electron chi connectivity index (χ2n) is 6.87. The molecule has 0 unspecified atom stereocenters. The molecule has 1 amide bonds. The Morgan fingerprint density at radius 3 is 2.81 bits per heavy atom. The van der Waals surface area contributed by atoms with E-state index in [1.165, 1.54) is 7.11 Å². The minimum atomic E-state index is -0.334. The van der Waals surface area contributed by atoms with Gasteiger partial charge in [-0.1, -0.05) is 24.3 Å². The molecule has 1 saturated heterocycles. The summed E-state index contributed by atoms with van der Waals surface area (Å²) in [6, 6.07) is 15.6. The number of aryl methyl sites for hydroxylation is 1. The SMILES string of the molecule is COC(=O)Cn1c([C@H]2CC(=O)N(c3cccc(C)c3)C2)nc2ccccc21. The average molecular weight is 363 g/mol. The van der Waals surface area contributed by atoms with Gasteiger partial charge in [0, 0.05) is 24.6 Å². The summed E-state index contributed by atoms with van der Waals surface area (Å²) in [4.78, 5) is 31.1. The number of esters is 1. The van der Waals surface area contributed by atoms with Gasteiger partial charge in [-0.15, -0.1) is 0 Å². The van der Waals surface area contributed by atoms with Gasteiger partial charge in [0.1, 0.15) is 12.4 Å². The highest BCUT2D eigenvalue weighted by atomic mass is 16.5. The Balaban J connectivity index is 1.71. The number of carbonyl (C=O) groups excluding carboxylic acids is 2. The van der Waals surface area contributed by atoms with Gasteiger partial charge >= 0.3 is 5.97 Å². The summed E-state index contributed by atoms with van der Waals surface area (Å²) in [5.74, 6) is 0.418. The number of para-hydroxylation sites is 2. The standard InChI is InChI=1S/C21H21N3O3/c1-14-6-5-7-16(10-14)23-12-15(11-19(23)25)21-22-17-8-3-4-9-18(17)24(21)13-20(26)27-2/h3-10,15H,11-13H2,1-2H3/t15-/m0/s1. The number of rotatable bonds is 4. The summed E-state index contributed by atoms with van der Waals surface area (Å²) in [6.45, 7) is 2.64. The summed E-state index contributed by atoms with van der Waals surface area (Å²) in [7, 11) is 1.37. The zero-order valence-corrected chi connectivity index (χ0v) is 15.4. The molecule has 138 valence electrons. The van der Waals surface area contributed by atoms with Gasteiger partial charge in [-0.05, 0) is 36.8 Å². The first kappa shape index (κ1) is 17.3. The summed E-state index contributed by atoms with van der Waals surface area (Å²) < 4.78 is 6.72. The minimum absolute atomic E-state index is 0.0716. The van der Waals surface area contributed by atoms with Crippen LogP contribution in [0.2, 0.25) is 0 Å². The van der Waals surface area contributed by atoms with E-state index in [0.717, 1.165) is 28.1 Å². The summed E-state index contributed by atoms with van der Waals surface area (Å²) in [5, 5.41) is 0. The molecule has 1 aliphatic heterocycles. The molecule has 1 aliphatic rings. The Morgan fingerprint density at radius 1 is 1.22 bits per heavy atom. The Bertz CT molecular complexity index is 1020. The van der Waals surface area contributed by atoms with E-state index in [-0.39, 0.29) is 24.3 Å². The predicted octanol–water partition coefficient (Wildman–Crippen LogP) is 3.04. The molecule has 0 spiro atoms. The van der Waals surface area contributed by atoms with Gasteiger partial charge in [0.15, 0.2) is 0 Å². The van der Waals surface area contributed by atoms with Gasteiger partial charge in [0.25, 0.3) is 0 Å². The number of hydrogen-bond donors (Lipinski definition) is 0. The molecular weight excluding hydrogens is 342 g/mol. The fourth-order valence-corrected chi connectivity index (χ4v) is 3.69.